The minimum absolute atomic E-state index is 0.194. The molecule has 2 aromatic carbocycles. The highest BCUT2D eigenvalue weighted by Gasteiger charge is 2.26. The molecule has 31 heavy (non-hydrogen) atoms. The van der Waals surface area contributed by atoms with Gasteiger partial charge in [-0.25, -0.2) is 4.99 Å². The number of nitrogens with two attached hydrogens (primary N) is 1. The number of likely N-dealkylation sites (N-methyl/N-ethyl adjacent to an activating group) is 1. The lowest BCUT2D eigenvalue weighted by Crippen LogP contribution is -2.35. The van der Waals surface area contributed by atoms with Crippen molar-refractivity contribution in [3.8, 4) is 0 Å². The summed E-state index contributed by atoms with van der Waals surface area (Å²) in [5, 5.41) is 10.9. The Bertz CT molecular complexity index is 1090. The molecule has 158 valence electrons. The number of rotatable bonds is 3. The number of para-hydroxylation sites is 1. The maximum absolute atomic E-state index is 12.8. The largest absolute Gasteiger partial charge is 0.404 e. The fourth-order valence-electron chi connectivity index (χ4n) is 2.96. The number of amides is 1. The van der Waals surface area contributed by atoms with Gasteiger partial charge in [-0.1, -0.05) is 55.1 Å². The van der Waals surface area contributed by atoms with Gasteiger partial charge in [-0.15, -0.1) is 0 Å². The molecule has 0 radical (unpaired) electrons. The summed E-state index contributed by atoms with van der Waals surface area (Å²) in [6.07, 6.45) is 0.273. The van der Waals surface area contributed by atoms with Crippen molar-refractivity contribution in [1.82, 2.24) is 4.90 Å². The van der Waals surface area contributed by atoms with Crippen LogP contribution in [0.5, 0.6) is 0 Å². The zero-order chi connectivity index (χ0) is 22.4. The van der Waals surface area contributed by atoms with Gasteiger partial charge in [-0.2, -0.15) is 4.99 Å². The Labute approximate surface area is 180 Å². The molecule has 2 aromatic rings. The van der Waals surface area contributed by atoms with Crippen LogP contribution in [0.4, 0.5) is 5.69 Å². The number of carbonyl (C=O) groups excluding carboxylic acids is 1. The number of nitrogens with zero attached hydrogens (tertiary/aromatic N) is 4. The van der Waals surface area contributed by atoms with Crippen molar-refractivity contribution < 1.29 is 9.53 Å². The van der Waals surface area contributed by atoms with Crippen LogP contribution < -0.4 is 11.1 Å². The summed E-state index contributed by atoms with van der Waals surface area (Å²) in [6, 6.07) is 16.5. The van der Waals surface area contributed by atoms with Crippen LogP contribution in [0.1, 0.15) is 11.1 Å². The van der Waals surface area contributed by atoms with Gasteiger partial charge in [0.05, 0.1) is 11.4 Å². The van der Waals surface area contributed by atoms with E-state index in [9.17, 15) is 4.79 Å². The number of hydrogen-bond acceptors (Lipinski definition) is 6. The Hall–Kier alpha value is -4.27. The van der Waals surface area contributed by atoms with E-state index in [-0.39, 0.29) is 17.8 Å². The average Bonchev–Trinajstić information content (AvgIpc) is 2.91. The second-order valence-electron chi connectivity index (χ2n) is 6.49. The fraction of sp³-hybridized carbons (Fsp3) is 0.136. The van der Waals surface area contributed by atoms with Crippen molar-refractivity contribution >= 4 is 35.1 Å². The lowest BCUT2D eigenvalue weighted by molar-refractivity contribution is -0.117. The molecule has 0 fully saturated rings. The summed E-state index contributed by atoms with van der Waals surface area (Å²) >= 11 is 0. The molecule has 0 spiro atoms. The van der Waals surface area contributed by atoms with Crippen molar-refractivity contribution in [2.24, 2.45) is 20.7 Å². The second-order valence-corrected chi connectivity index (χ2v) is 6.49. The van der Waals surface area contributed by atoms with Crippen LogP contribution in [-0.2, 0) is 9.53 Å². The minimum atomic E-state index is -1.20. The van der Waals surface area contributed by atoms with E-state index in [1.807, 2.05) is 48.5 Å². The molecular weight excluding hydrogens is 394 g/mol. The smallest absolute Gasteiger partial charge is 0.291 e. The molecular formula is C22H23N7O2. The van der Waals surface area contributed by atoms with Gasteiger partial charge < -0.3 is 20.7 Å². The third kappa shape index (κ3) is 4.84. The molecule has 9 heteroatoms. The predicted octanol–water partition coefficient (Wildman–Crippen LogP) is 2.21. The summed E-state index contributed by atoms with van der Waals surface area (Å²) in [4.78, 5) is 26.9. The standard InChI is InChI=1S/C22H23N7O2/c1-4-29(3)20(25-2)18(23)31-22(24)28-19-21(30)26-16-13-9-8-12-15(16)17(27-19)14-10-6-5-7-11-14/h4-13,19,23H,1H2,2-3H3,(H2,24,28)(H,26,30). The summed E-state index contributed by atoms with van der Waals surface area (Å²) in [6.45, 7) is 3.62. The number of aliphatic imine (C=N–C) groups is 3. The van der Waals surface area contributed by atoms with Crippen molar-refractivity contribution in [2.45, 2.75) is 6.17 Å². The summed E-state index contributed by atoms with van der Waals surface area (Å²) < 4.78 is 5.28. The number of ether oxygens (including phenoxy) is 1. The molecule has 0 aliphatic carbocycles. The number of fused-ring (bicyclic) bond motifs is 1. The van der Waals surface area contributed by atoms with Crippen LogP contribution >= 0.6 is 0 Å². The Morgan fingerprint density at radius 3 is 2.61 bits per heavy atom. The fourth-order valence-corrected chi connectivity index (χ4v) is 2.96. The maximum Gasteiger partial charge on any atom is 0.291 e. The van der Waals surface area contributed by atoms with Crippen molar-refractivity contribution in [2.75, 3.05) is 19.4 Å². The second kappa shape index (κ2) is 9.49. The van der Waals surface area contributed by atoms with Crippen LogP contribution in [0.25, 0.3) is 0 Å². The zero-order valence-corrected chi connectivity index (χ0v) is 17.2. The maximum atomic E-state index is 12.8. The van der Waals surface area contributed by atoms with E-state index < -0.39 is 12.1 Å². The van der Waals surface area contributed by atoms with E-state index in [0.29, 0.717) is 11.4 Å². The van der Waals surface area contributed by atoms with E-state index in [0.717, 1.165) is 11.1 Å². The Morgan fingerprint density at radius 2 is 1.94 bits per heavy atom. The highest BCUT2D eigenvalue weighted by Crippen LogP contribution is 2.24. The molecule has 1 aliphatic rings. The van der Waals surface area contributed by atoms with Gasteiger partial charge in [0.1, 0.15) is 0 Å². The molecule has 0 bridgehead atoms. The van der Waals surface area contributed by atoms with Gasteiger partial charge in [0, 0.05) is 25.2 Å². The van der Waals surface area contributed by atoms with E-state index in [4.69, 9.17) is 15.9 Å². The number of carbonyl (C=O) groups is 1. The van der Waals surface area contributed by atoms with E-state index in [2.05, 4.69) is 26.9 Å². The summed E-state index contributed by atoms with van der Waals surface area (Å²) in [5.41, 5.74) is 8.68. The highest BCUT2D eigenvalue weighted by atomic mass is 16.5. The Balaban J connectivity index is 1.96. The molecule has 1 amide bonds. The third-order valence-electron chi connectivity index (χ3n) is 4.45. The van der Waals surface area contributed by atoms with Gasteiger partial charge >= 0.3 is 0 Å². The quantitative estimate of drug-likeness (QED) is 0.522. The van der Waals surface area contributed by atoms with Crippen LogP contribution in [0, 0.1) is 5.41 Å². The van der Waals surface area contributed by atoms with Crippen LogP contribution in [0.3, 0.4) is 0 Å². The highest BCUT2D eigenvalue weighted by molar-refractivity contribution is 6.38. The van der Waals surface area contributed by atoms with Gasteiger partial charge in [-0.3, -0.25) is 15.2 Å². The van der Waals surface area contributed by atoms with Gasteiger partial charge in [0.2, 0.25) is 6.17 Å². The number of amidine groups is 2. The lowest BCUT2D eigenvalue weighted by Gasteiger charge is -2.16. The van der Waals surface area contributed by atoms with Gasteiger partial charge in [-0.05, 0) is 12.3 Å². The third-order valence-corrected chi connectivity index (χ3v) is 4.45. The van der Waals surface area contributed by atoms with Gasteiger partial charge in [0.15, 0.2) is 5.84 Å². The first-order chi connectivity index (χ1) is 14.9. The SMILES string of the molecule is C=CN(C)C(=NC)C(=N)O/C(N)=N/C1N=C(c2ccccc2)c2ccccc2NC1=O. The molecule has 0 saturated carbocycles. The van der Waals surface area contributed by atoms with E-state index >= 15 is 0 Å². The predicted molar refractivity (Wildman–Crippen MR) is 123 cm³/mol. The number of anilines is 1. The van der Waals surface area contributed by atoms with E-state index in [1.165, 1.54) is 18.1 Å². The van der Waals surface area contributed by atoms with Crippen LogP contribution in [0.15, 0.2) is 82.4 Å². The molecule has 0 saturated heterocycles. The molecule has 1 atom stereocenters. The van der Waals surface area contributed by atoms with Crippen LogP contribution in [0.2, 0.25) is 0 Å². The van der Waals surface area contributed by atoms with E-state index in [1.54, 1.807) is 13.1 Å². The molecule has 4 N–H and O–H groups in total. The summed E-state index contributed by atoms with van der Waals surface area (Å²) in [7, 11) is 3.17. The zero-order valence-electron chi connectivity index (χ0n) is 17.2. The minimum Gasteiger partial charge on any atom is -0.404 e. The molecule has 9 nitrogen and oxygen atoms in total. The summed E-state index contributed by atoms with van der Waals surface area (Å²) in [5.74, 6) is -0.612. The molecule has 1 heterocycles. The normalized spacial score (nSPS) is 16.4. The Kier molecular flexibility index (Phi) is 6.56. The first-order valence-corrected chi connectivity index (χ1v) is 9.40. The number of nitrogens with one attached hydrogen (secondary N) is 2. The first-order valence-electron chi connectivity index (χ1n) is 9.40. The molecule has 1 aliphatic heterocycles. The molecule has 3 rings (SSSR count). The molecule has 0 aromatic heterocycles. The van der Waals surface area contributed by atoms with Crippen molar-refractivity contribution in [1.29, 1.82) is 5.41 Å². The van der Waals surface area contributed by atoms with Crippen molar-refractivity contribution in [3.05, 3.63) is 78.5 Å². The monoisotopic (exact) mass is 417 g/mol. The number of benzodiazepines with no additional fused rings is 1. The number of hydrogen-bond donors (Lipinski definition) is 3. The lowest BCUT2D eigenvalue weighted by atomic mass is 10.0. The first kappa shape index (κ1) is 21.4. The van der Waals surface area contributed by atoms with Crippen molar-refractivity contribution in [3.63, 3.8) is 0 Å². The van der Waals surface area contributed by atoms with Crippen LogP contribution in [-0.4, -0.2) is 54.5 Å². The average molecular weight is 417 g/mol. The topological polar surface area (TPSA) is 129 Å². The van der Waals surface area contributed by atoms with Gasteiger partial charge in [0.25, 0.3) is 17.8 Å². The molecule has 1 unspecified atom stereocenters. The number of benzene rings is 2. The Morgan fingerprint density at radius 1 is 1.26 bits per heavy atom.